The summed E-state index contributed by atoms with van der Waals surface area (Å²) in [5.74, 6) is -0.268. The third kappa shape index (κ3) is 4.28. The number of carbonyl (C=O) groups excluding carboxylic acids is 1. The van der Waals surface area contributed by atoms with Gasteiger partial charge >= 0.3 is 0 Å². The Morgan fingerprint density at radius 1 is 1.45 bits per heavy atom. The van der Waals surface area contributed by atoms with E-state index in [1.807, 2.05) is 0 Å². The van der Waals surface area contributed by atoms with Crippen molar-refractivity contribution in [2.45, 2.75) is 38.4 Å². The highest BCUT2D eigenvalue weighted by atomic mass is 19.1. The van der Waals surface area contributed by atoms with Crippen molar-refractivity contribution in [1.82, 2.24) is 10.2 Å². The van der Waals surface area contributed by atoms with Crippen LogP contribution in [0, 0.1) is 5.82 Å². The summed E-state index contributed by atoms with van der Waals surface area (Å²) in [5, 5.41) is 2.86. The van der Waals surface area contributed by atoms with Gasteiger partial charge in [-0.15, -0.1) is 0 Å². The molecule has 110 valence electrons. The molecule has 1 saturated heterocycles. The fourth-order valence-corrected chi connectivity index (χ4v) is 2.54. The van der Waals surface area contributed by atoms with Crippen LogP contribution >= 0.6 is 0 Å². The fraction of sp³-hybridized carbons (Fsp3) is 0.533. The lowest BCUT2D eigenvalue weighted by Gasteiger charge is -2.35. The summed E-state index contributed by atoms with van der Waals surface area (Å²) >= 11 is 0. The first-order chi connectivity index (χ1) is 9.54. The number of benzene rings is 1. The third-order valence-electron chi connectivity index (χ3n) is 3.80. The SMILES string of the molecule is CC1CC(N)CCN1CC(=O)NCc1ccc(F)cc1. The molecule has 3 N–H and O–H groups in total. The number of halogens is 1. The molecule has 0 aliphatic carbocycles. The molecule has 1 aromatic carbocycles. The fourth-order valence-electron chi connectivity index (χ4n) is 2.54. The van der Waals surface area contributed by atoms with Gasteiger partial charge in [0.05, 0.1) is 6.54 Å². The number of hydrogen-bond acceptors (Lipinski definition) is 3. The minimum Gasteiger partial charge on any atom is -0.351 e. The number of likely N-dealkylation sites (tertiary alicyclic amines) is 1. The van der Waals surface area contributed by atoms with Gasteiger partial charge in [0.15, 0.2) is 0 Å². The first-order valence-electron chi connectivity index (χ1n) is 7.05. The van der Waals surface area contributed by atoms with Crippen molar-refractivity contribution >= 4 is 5.91 Å². The van der Waals surface area contributed by atoms with Gasteiger partial charge in [0.2, 0.25) is 5.91 Å². The van der Waals surface area contributed by atoms with E-state index in [0.29, 0.717) is 19.1 Å². The second kappa shape index (κ2) is 6.81. The molecule has 1 aliphatic rings. The van der Waals surface area contributed by atoms with Crippen molar-refractivity contribution in [2.75, 3.05) is 13.1 Å². The van der Waals surface area contributed by atoms with Gasteiger partial charge in [-0.2, -0.15) is 0 Å². The van der Waals surface area contributed by atoms with Crippen molar-refractivity contribution in [2.24, 2.45) is 5.73 Å². The van der Waals surface area contributed by atoms with Gasteiger partial charge in [0, 0.05) is 25.2 Å². The van der Waals surface area contributed by atoms with E-state index in [9.17, 15) is 9.18 Å². The van der Waals surface area contributed by atoms with Gasteiger partial charge in [0.1, 0.15) is 5.82 Å². The van der Waals surface area contributed by atoms with E-state index in [2.05, 4.69) is 17.1 Å². The van der Waals surface area contributed by atoms with E-state index in [0.717, 1.165) is 24.9 Å². The average Bonchev–Trinajstić information content (AvgIpc) is 2.41. The number of amides is 1. The number of rotatable bonds is 4. The van der Waals surface area contributed by atoms with Gasteiger partial charge in [0.25, 0.3) is 0 Å². The molecular formula is C15H22FN3O. The summed E-state index contributed by atoms with van der Waals surface area (Å²) in [4.78, 5) is 14.1. The van der Waals surface area contributed by atoms with Gasteiger partial charge in [-0.25, -0.2) is 4.39 Å². The average molecular weight is 279 g/mol. The van der Waals surface area contributed by atoms with Crippen LogP contribution in [0.15, 0.2) is 24.3 Å². The van der Waals surface area contributed by atoms with Crippen molar-refractivity contribution in [1.29, 1.82) is 0 Å². The summed E-state index contributed by atoms with van der Waals surface area (Å²) in [6.07, 6.45) is 1.88. The number of hydrogen-bond donors (Lipinski definition) is 2. The van der Waals surface area contributed by atoms with Crippen molar-refractivity contribution in [3.05, 3.63) is 35.6 Å². The maximum atomic E-state index is 12.8. The van der Waals surface area contributed by atoms with Crippen LogP contribution in [0.5, 0.6) is 0 Å². The van der Waals surface area contributed by atoms with E-state index in [1.165, 1.54) is 12.1 Å². The van der Waals surface area contributed by atoms with Crippen LogP contribution in [0.4, 0.5) is 4.39 Å². The maximum Gasteiger partial charge on any atom is 0.234 e. The van der Waals surface area contributed by atoms with E-state index in [4.69, 9.17) is 5.73 Å². The number of nitrogens with zero attached hydrogens (tertiary/aromatic N) is 1. The Bertz CT molecular complexity index is 449. The Morgan fingerprint density at radius 2 is 2.15 bits per heavy atom. The summed E-state index contributed by atoms with van der Waals surface area (Å²) in [6, 6.07) is 6.75. The molecule has 4 nitrogen and oxygen atoms in total. The smallest absolute Gasteiger partial charge is 0.234 e. The Hall–Kier alpha value is -1.46. The quantitative estimate of drug-likeness (QED) is 0.872. The normalized spacial score (nSPS) is 23.6. The molecule has 1 heterocycles. The topological polar surface area (TPSA) is 58.4 Å². The largest absolute Gasteiger partial charge is 0.351 e. The predicted octanol–water partition coefficient (Wildman–Crippen LogP) is 1.25. The molecular weight excluding hydrogens is 257 g/mol. The molecule has 0 spiro atoms. The van der Waals surface area contributed by atoms with E-state index in [-0.39, 0.29) is 17.8 Å². The van der Waals surface area contributed by atoms with E-state index in [1.54, 1.807) is 12.1 Å². The predicted molar refractivity (Wildman–Crippen MR) is 76.5 cm³/mol. The monoisotopic (exact) mass is 279 g/mol. The second-order valence-electron chi connectivity index (χ2n) is 5.51. The van der Waals surface area contributed by atoms with E-state index < -0.39 is 0 Å². The van der Waals surface area contributed by atoms with Crippen LogP contribution in [0.1, 0.15) is 25.3 Å². The van der Waals surface area contributed by atoms with Crippen LogP contribution in [-0.4, -0.2) is 36.0 Å². The minimum atomic E-state index is -0.265. The Balaban J connectivity index is 1.76. The molecule has 2 rings (SSSR count). The zero-order chi connectivity index (χ0) is 14.5. The molecule has 1 fully saturated rings. The van der Waals surface area contributed by atoms with Gasteiger partial charge in [-0.05, 0) is 37.5 Å². The lowest BCUT2D eigenvalue weighted by Crippen LogP contribution is -2.49. The Labute approximate surface area is 119 Å². The molecule has 1 amide bonds. The lowest BCUT2D eigenvalue weighted by atomic mass is 9.99. The van der Waals surface area contributed by atoms with Crippen LogP contribution < -0.4 is 11.1 Å². The zero-order valence-electron chi connectivity index (χ0n) is 11.8. The molecule has 1 aliphatic heterocycles. The summed E-state index contributed by atoms with van der Waals surface area (Å²) in [5.41, 5.74) is 6.80. The molecule has 0 radical (unpaired) electrons. The van der Waals surface area contributed by atoms with Crippen molar-refractivity contribution in [3.63, 3.8) is 0 Å². The van der Waals surface area contributed by atoms with E-state index >= 15 is 0 Å². The van der Waals surface area contributed by atoms with Gasteiger partial charge < -0.3 is 11.1 Å². The van der Waals surface area contributed by atoms with Crippen LogP contribution in [0.25, 0.3) is 0 Å². The standard InChI is InChI=1S/C15H22FN3O/c1-11-8-14(17)6-7-19(11)10-15(20)18-9-12-2-4-13(16)5-3-12/h2-5,11,14H,6-10,17H2,1H3,(H,18,20). The van der Waals surface area contributed by atoms with Crippen molar-refractivity contribution < 1.29 is 9.18 Å². The van der Waals surface area contributed by atoms with Gasteiger partial charge in [-0.3, -0.25) is 9.69 Å². The number of nitrogens with one attached hydrogen (secondary N) is 1. The van der Waals surface area contributed by atoms with Crippen LogP contribution in [0.2, 0.25) is 0 Å². The molecule has 0 aromatic heterocycles. The molecule has 20 heavy (non-hydrogen) atoms. The lowest BCUT2D eigenvalue weighted by molar-refractivity contribution is -0.123. The Morgan fingerprint density at radius 3 is 2.80 bits per heavy atom. The maximum absolute atomic E-state index is 12.8. The molecule has 2 unspecified atom stereocenters. The summed E-state index contributed by atoms with van der Waals surface area (Å²) in [6.45, 7) is 3.80. The number of piperidine rings is 1. The van der Waals surface area contributed by atoms with Crippen LogP contribution in [0.3, 0.4) is 0 Å². The number of nitrogens with two attached hydrogens (primary N) is 1. The second-order valence-corrected chi connectivity index (χ2v) is 5.51. The summed E-state index contributed by atoms with van der Waals surface area (Å²) < 4.78 is 12.8. The first-order valence-corrected chi connectivity index (χ1v) is 7.05. The zero-order valence-corrected chi connectivity index (χ0v) is 11.8. The van der Waals surface area contributed by atoms with Crippen LogP contribution in [-0.2, 0) is 11.3 Å². The third-order valence-corrected chi connectivity index (χ3v) is 3.80. The Kier molecular flexibility index (Phi) is 5.09. The first kappa shape index (κ1) is 14.9. The molecule has 0 saturated carbocycles. The summed E-state index contributed by atoms with van der Waals surface area (Å²) in [7, 11) is 0. The highest BCUT2D eigenvalue weighted by Crippen LogP contribution is 2.15. The highest BCUT2D eigenvalue weighted by molar-refractivity contribution is 5.78. The minimum absolute atomic E-state index is 0.00311. The molecule has 5 heteroatoms. The van der Waals surface area contributed by atoms with Crippen molar-refractivity contribution in [3.8, 4) is 0 Å². The number of carbonyl (C=O) groups is 1. The molecule has 2 atom stereocenters. The molecule has 1 aromatic rings. The molecule has 0 bridgehead atoms. The van der Waals surface area contributed by atoms with Gasteiger partial charge in [-0.1, -0.05) is 12.1 Å². The highest BCUT2D eigenvalue weighted by Gasteiger charge is 2.24.